The van der Waals surface area contributed by atoms with E-state index >= 15 is 0 Å². The summed E-state index contributed by atoms with van der Waals surface area (Å²) >= 11 is 0. The average Bonchev–Trinajstić information content (AvgIpc) is 2.92. The number of ether oxygens (including phenoxy) is 1. The van der Waals surface area contributed by atoms with Crippen molar-refractivity contribution in [2.45, 2.75) is 89.4 Å². The summed E-state index contributed by atoms with van der Waals surface area (Å²) in [6.07, 6.45) is -0.194. The lowest BCUT2D eigenvalue weighted by Crippen LogP contribution is -2.29. The van der Waals surface area contributed by atoms with Crippen LogP contribution < -0.4 is 0 Å². The molecule has 0 fully saturated rings. The Morgan fingerprint density at radius 1 is 0.700 bits per heavy atom. The van der Waals surface area contributed by atoms with Gasteiger partial charge in [-0.25, -0.2) is 0 Å². The Hall–Kier alpha value is -2.74. The molecule has 2 aromatic carbocycles. The van der Waals surface area contributed by atoms with Crippen LogP contribution >= 0.6 is 9.12 Å². The number of halogens is 6. The highest BCUT2D eigenvalue weighted by Crippen LogP contribution is 2.41. The smallest absolute Gasteiger partial charge is 0.417 e. The number of hydrogen-bond donors (Lipinski definition) is 0. The zero-order chi connectivity index (χ0) is 30.2. The zero-order valence-electron chi connectivity index (χ0n) is 22.5. The molecule has 0 heterocycles. The van der Waals surface area contributed by atoms with Gasteiger partial charge >= 0.3 is 27.4 Å². The molecular weight excluding hydrogens is 557 g/mol. The Morgan fingerprint density at radius 3 is 1.60 bits per heavy atom. The van der Waals surface area contributed by atoms with E-state index in [9.17, 15) is 35.9 Å². The average molecular weight is 594 g/mol. The van der Waals surface area contributed by atoms with Crippen LogP contribution in [0.4, 0.5) is 26.3 Å². The summed E-state index contributed by atoms with van der Waals surface area (Å²) in [5.41, 5.74) is -5.13. The minimum atomic E-state index is -5.24. The van der Waals surface area contributed by atoms with Crippen LogP contribution in [-0.2, 0) is 26.4 Å². The Labute approximate surface area is 233 Å². The van der Waals surface area contributed by atoms with Gasteiger partial charge in [0, 0.05) is 5.56 Å². The molecule has 2 atom stereocenters. The molecule has 0 radical (unpaired) electrons. The number of hydrogen-bond acceptors (Lipinski definition) is 4. The molecule has 0 saturated heterocycles. The molecule has 0 aliphatic heterocycles. The van der Waals surface area contributed by atoms with Gasteiger partial charge in [0.05, 0.1) is 17.7 Å². The van der Waals surface area contributed by atoms with Crippen molar-refractivity contribution in [3.05, 3.63) is 70.8 Å². The van der Waals surface area contributed by atoms with Crippen molar-refractivity contribution in [1.82, 2.24) is 0 Å². The van der Waals surface area contributed by atoms with Crippen molar-refractivity contribution in [3.63, 3.8) is 0 Å². The van der Waals surface area contributed by atoms with Gasteiger partial charge in [0.15, 0.2) is 5.78 Å². The van der Waals surface area contributed by atoms with Crippen molar-refractivity contribution in [2.75, 3.05) is 6.61 Å². The van der Waals surface area contributed by atoms with Crippen molar-refractivity contribution >= 4 is 20.9 Å². The van der Waals surface area contributed by atoms with Gasteiger partial charge in [-0.1, -0.05) is 106 Å². The van der Waals surface area contributed by atoms with Crippen molar-refractivity contribution < 1.29 is 45.2 Å². The molecule has 0 N–H and O–H groups in total. The largest absolute Gasteiger partial charge is 0.465 e. The number of carbonyl (C=O) groups is 2. The van der Waals surface area contributed by atoms with Crippen LogP contribution in [0.25, 0.3) is 0 Å². The van der Waals surface area contributed by atoms with E-state index < -0.39 is 46.7 Å². The summed E-state index contributed by atoms with van der Waals surface area (Å²) in [5, 5.41) is 0. The van der Waals surface area contributed by atoms with E-state index in [0.717, 1.165) is 32.1 Å². The summed E-state index contributed by atoms with van der Waals surface area (Å²) < 4.78 is 95.3. The molecule has 2 rings (SSSR count). The van der Waals surface area contributed by atoms with Gasteiger partial charge in [-0.3, -0.25) is 9.59 Å². The maximum Gasteiger partial charge on any atom is 0.417 e. The lowest BCUT2D eigenvalue weighted by molar-refractivity contribution is -0.146. The number of ketones is 1. The molecule has 0 saturated carbocycles. The minimum Gasteiger partial charge on any atom is -0.465 e. The summed E-state index contributed by atoms with van der Waals surface area (Å²) in [6, 6.07) is 8.41. The second kappa shape index (κ2) is 17.8. The predicted octanol–water partition coefficient (Wildman–Crippen LogP) is 9.36. The fourth-order valence-corrected chi connectivity index (χ4v) is 4.32. The third kappa shape index (κ3) is 11.4. The molecule has 222 valence electrons. The van der Waals surface area contributed by atoms with Gasteiger partial charge in [-0.15, -0.1) is 0 Å². The first kappa shape index (κ1) is 35.3. The van der Waals surface area contributed by atoms with Gasteiger partial charge in [0.1, 0.15) is 5.92 Å². The number of unbranched alkanes of at least 4 members (excludes halogenated alkanes) is 9. The third-order valence-corrected chi connectivity index (χ3v) is 6.29. The summed E-state index contributed by atoms with van der Waals surface area (Å²) in [5.74, 6) is -4.75. The molecule has 0 aliphatic rings. The van der Waals surface area contributed by atoms with Crippen molar-refractivity contribution in [1.29, 1.82) is 0 Å². The maximum atomic E-state index is 13.7. The molecule has 2 aromatic rings. The molecule has 0 amide bonds. The van der Waals surface area contributed by atoms with E-state index in [0.29, 0.717) is 24.6 Å². The molecule has 0 bridgehead atoms. The van der Waals surface area contributed by atoms with Gasteiger partial charge in [-0.05, 0) is 24.1 Å². The summed E-state index contributed by atoms with van der Waals surface area (Å²) in [7, 11) is 1.17. The second-order valence-corrected chi connectivity index (χ2v) is 9.28. The molecule has 11 heteroatoms. The van der Waals surface area contributed by atoms with Crippen LogP contribution in [0.5, 0.6) is 0 Å². The van der Waals surface area contributed by atoms with E-state index in [-0.39, 0.29) is 12.2 Å². The number of benzene rings is 2. The fourth-order valence-electron chi connectivity index (χ4n) is 4.32. The molecule has 4 nitrogen and oxygen atoms in total. The first-order valence-electron chi connectivity index (χ1n) is 13.2. The van der Waals surface area contributed by atoms with Gasteiger partial charge < -0.3 is 4.74 Å². The maximum absolute atomic E-state index is 13.7. The zero-order valence-corrected chi connectivity index (χ0v) is 23.6. The predicted molar refractivity (Wildman–Crippen MR) is 143 cm³/mol. The first-order valence-corrected chi connectivity index (χ1v) is 13.7. The minimum absolute atomic E-state index is 0.0457. The topological polar surface area (TPSA) is 60.4 Å². The molecule has 0 aromatic heterocycles. The van der Waals surface area contributed by atoms with E-state index in [1.165, 1.54) is 59.1 Å². The number of carbonyl (C=O) groups excluding carboxylic acids is 2. The highest BCUT2D eigenvalue weighted by atomic mass is 31.0. The first-order chi connectivity index (χ1) is 19.0. The van der Waals surface area contributed by atoms with Gasteiger partial charge in [-0.2, -0.15) is 26.3 Å². The lowest BCUT2D eigenvalue weighted by atomic mass is 9.85. The van der Waals surface area contributed by atoms with Crippen LogP contribution in [0.15, 0.2) is 48.5 Å². The molecule has 0 spiro atoms. The Balaban J connectivity index is 0.00000391. The number of rotatable bonds is 15. The molecule has 2 unspecified atom stereocenters. The monoisotopic (exact) mass is 593 g/mol. The number of alkyl halides is 6. The highest BCUT2D eigenvalue weighted by molar-refractivity contribution is 7.00. The molecule has 40 heavy (non-hydrogen) atoms. The van der Waals surface area contributed by atoms with Crippen LogP contribution in [0, 0.1) is 0 Å². The van der Waals surface area contributed by atoms with Gasteiger partial charge in [0.25, 0.3) is 0 Å². The third-order valence-electron chi connectivity index (χ3n) is 6.29. The van der Waals surface area contributed by atoms with Crippen LogP contribution in [0.3, 0.4) is 0 Å². The van der Waals surface area contributed by atoms with Crippen molar-refractivity contribution in [3.8, 4) is 0 Å². The standard InChI is InChI=1S/C29H34F6O3.H2OP/c1-2-3-4-5-6-7-8-9-10-14-20-38-27(37)24(21-16-12-11-13-17-21)26(36)25-22(28(30,31)32)18-15-19-23(25)29(33,34)35;1-2/h11-13,15-19,24H,2-10,14,20H2,1H3;2H2/q;+1. The summed E-state index contributed by atoms with van der Waals surface area (Å²) in [4.78, 5) is 26.3. The summed E-state index contributed by atoms with van der Waals surface area (Å²) in [6.45, 7) is 2.07. The fraction of sp³-hybridized carbons (Fsp3) is 0.517. The Morgan fingerprint density at radius 2 is 1.15 bits per heavy atom. The van der Waals surface area contributed by atoms with E-state index in [4.69, 9.17) is 9.30 Å². The number of esters is 1. The number of Topliss-reactive ketones (excluding diaryl/α,β-unsaturated/α-hetero) is 1. The Kier molecular flexibility index (Phi) is 15.7. The van der Waals surface area contributed by atoms with Crippen LogP contribution in [-0.4, -0.2) is 18.4 Å². The highest BCUT2D eigenvalue weighted by Gasteiger charge is 2.45. The van der Waals surface area contributed by atoms with E-state index in [1.807, 2.05) is 0 Å². The van der Waals surface area contributed by atoms with Crippen LogP contribution in [0.1, 0.15) is 104 Å². The van der Waals surface area contributed by atoms with Gasteiger partial charge in [0.2, 0.25) is 0 Å². The van der Waals surface area contributed by atoms with Crippen LogP contribution in [0.2, 0.25) is 0 Å². The normalized spacial score (nSPS) is 12.3. The van der Waals surface area contributed by atoms with Crippen molar-refractivity contribution in [2.24, 2.45) is 0 Å². The molecular formula is C29H36F6O4P+. The van der Waals surface area contributed by atoms with E-state index in [2.05, 4.69) is 6.92 Å². The molecule has 0 aliphatic carbocycles. The lowest BCUT2D eigenvalue weighted by Gasteiger charge is -2.21. The Bertz CT molecular complexity index is 1010. The van der Waals surface area contributed by atoms with E-state index in [1.54, 1.807) is 6.07 Å². The quantitative estimate of drug-likeness (QED) is 0.0516. The SMILES string of the molecule is CCCCCCCCCCCCOC(=O)C(C(=O)c1c(C(F)(F)F)cccc1C(F)(F)F)c1ccccc1.O=[PH2+]. The second-order valence-electron chi connectivity index (χ2n) is 9.28.